The van der Waals surface area contributed by atoms with Crippen LogP contribution in [0.25, 0.3) is 10.9 Å². The molecule has 1 aromatic heterocycles. The maximum absolute atomic E-state index is 13.3. The Balaban J connectivity index is 2.30. The van der Waals surface area contributed by atoms with Crippen molar-refractivity contribution in [3.05, 3.63) is 39.7 Å². The van der Waals surface area contributed by atoms with Gasteiger partial charge in [-0.2, -0.15) is 13.2 Å². The first-order chi connectivity index (χ1) is 10.6. The number of anilines is 1. The van der Waals surface area contributed by atoms with E-state index in [0.29, 0.717) is 11.6 Å². The standard InChI is InChI=1S/C17H19F3N2O/c1-4-16(2)6-5-10-7-11-12(17(18,19)20)8-15(23)22(3)14(11)9-13(10)21-16/h7-9,21H,4-6H2,1-3H3. The third kappa shape index (κ3) is 2.60. The average Bonchev–Trinajstić information content (AvgIpc) is 2.48. The van der Waals surface area contributed by atoms with E-state index in [4.69, 9.17) is 0 Å². The number of halogens is 3. The van der Waals surface area contributed by atoms with Gasteiger partial charge in [0.2, 0.25) is 0 Å². The molecule has 0 radical (unpaired) electrons. The molecule has 3 nitrogen and oxygen atoms in total. The SMILES string of the molecule is CCC1(C)CCc2cc3c(C(F)(F)F)cc(=O)n(C)c3cc2N1. The Morgan fingerprint density at radius 2 is 2.00 bits per heavy atom. The molecule has 2 aromatic rings. The number of fused-ring (bicyclic) bond motifs is 2. The fourth-order valence-electron chi connectivity index (χ4n) is 3.16. The second kappa shape index (κ2) is 5.01. The predicted molar refractivity (Wildman–Crippen MR) is 84.8 cm³/mol. The van der Waals surface area contributed by atoms with Crippen LogP contribution in [0.4, 0.5) is 18.9 Å². The minimum absolute atomic E-state index is 0.0683. The minimum Gasteiger partial charge on any atom is -0.380 e. The lowest BCUT2D eigenvalue weighted by Gasteiger charge is -2.36. The number of alkyl halides is 3. The number of pyridine rings is 1. The highest BCUT2D eigenvalue weighted by Crippen LogP contribution is 2.39. The zero-order valence-electron chi connectivity index (χ0n) is 13.3. The molecule has 3 rings (SSSR count). The minimum atomic E-state index is -4.54. The van der Waals surface area contributed by atoms with Gasteiger partial charge < -0.3 is 9.88 Å². The molecule has 23 heavy (non-hydrogen) atoms. The van der Waals surface area contributed by atoms with Gasteiger partial charge in [-0.05, 0) is 43.9 Å². The van der Waals surface area contributed by atoms with Gasteiger partial charge >= 0.3 is 6.18 Å². The lowest BCUT2D eigenvalue weighted by atomic mass is 9.85. The van der Waals surface area contributed by atoms with Crippen molar-refractivity contribution < 1.29 is 13.2 Å². The summed E-state index contributed by atoms with van der Waals surface area (Å²) >= 11 is 0. The first-order valence-corrected chi connectivity index (χ1v) is 7.67. The van der Waals surface area contributed by atoms with Crippen molar-refractivity contribution in [2.75, 3.05) is 5.32 Å². The fraction of sp³-hybridized carbons (Fsp3) is 0.471. The number of benzene rings is 1. The monoisotopic (exact) mass is 324 g/mol. The van der Waals surface area contributed by atoms with Crippen molar-refractivity contribution in [1.29, 1.82) is 0 Å². The summed E-state index contributed by atoms with van der Waals surface area (Å²) in [5, 5.41) is 3.51. The van der Waals surface area contributed by atoms with Crippen LogP contribution in [-0.2, 0) is 19.6 Å². The van der Waals surface area contributed by atoms with Gasteiger partial charge in [-0.1, -0.05) is 6.92 Å². The summed E-state index contributed by atoms with van der Waals surface area (Å²) in [5.74, 6) is 0. The van der Waals surface area contributed by atoms with E-state index in [1.165, 1.54) is 11.6 Å². The van der Waals surface area contributed by atoms with Gasteiger partial charge in [-0.3, -0.25) is 4.79 Å². The smallest absolute Gasteiger partial charge is 0.380 e. The van der Waals surface area contributed by atoms with Crippen molar-refractivity contribution in [1.82, 2.24) is 4.57 Å². The molecule has 0 fully saturated rings. The molecule has 1 aliphatic heterocycles. The van der Waals surface area contributed by atoms with E-state index >= 15 is 0 Å². The highest BCUT2D eigenvalue weighted by molar-refractivity contribution is 5.88. The summed E-state index contributed by atoms with van der Waals surface area (Å²) in [5.41, 5.74) is 0.411. The summed E-state index contributed by atoms with van der Waals surface area (Å²) in [4.78, 5) is 11.9. The maximum atomic E-state index is 13.3. The Bertz CT molecular complexity index is 838. The zero-order chi connectivity index (χ0) is 17.0. The normalized spacial score (nSPS) is 21.1. The van der Waals surface area contributed by atoms with Crippen LogP contribution in [-0.4, -0.2) is 10.1 Å². The molecule has 124 valence electrons. The Hall–Kier alpha value is -1.98. The van der Waals surface area contributed by atoms with Crippen LogP contribution in [0.5, 0.6) is 0 Å². The maximum Gasteiger partial charge on any atom is 0.417 e. The molecule has 6 heteroatoms. The van der Waals surface area contributed by atoms with Gasteiger partial charge in [0.1, 0.15) is 0 Å². The fourth-order valence-corrected chi connectivity index (χ4v) is 3.16. The summed E-state index contributed by atoms with van der Waals surface area (Å²) in [7, 11) is 1.50. The Kier molecular flexibility index (Phi) is 3.46. The van der Waals surface area contributed by atoms with Gasteiger partial charge in [0, 0.05) is 29.7 Å². The molecular formula is C17H19F3N2O. The van der Waals surface area contributed by atoms with E-state index in [1.54, 1.807) is 12.1 Å². The van der Waals surface area contributed by atoms with E-state index in [0.717, 1.165) is 30.5 Å². The van der Waals surface area contributed by atoms with Gasteiger partial charge in [0.25, 0.3) is 5.56 Å². The second-order valence-corrected chi connectivity index (χ2v) is 6.52. The van der Waals surface area contributed by atoms with Crippen molar-refractivity contribution in [2.24, 2.45) is 7.05 Å². The Labute approximate surface area is 132 Å². The third-order valence-electron chi connectivity index (χ3n) is 4.94. The van der Waals surface area contributed by atoms with E-state index in [2.05, 4.69) is 19.2 Å². The quantitative estimate of drug-likeness (QED) is 0.857. The third-order valence-corrected chi connectivity index (χ3v) is 4.94. The topological polar surface area (TPSA) is 34.0 Å². The summed E-state index contributed by atoms with van der Waals surface area (Å²) in [6.07, 6.45) is -2.02. The van der Waals surface area contributed by atoms with Gasteiger partial charge in [-0.25, -0.2) is 0 Å². The van der Waals surface area contributed by atoms with Crippen molar-refractivity contribution >= 4 is 16.6 Å². The lowest BCUT2D eigenvalue weighted by molar-refractivity contribution is -0.136. The Morgan fingerprint density at radius 1 is 1.30 bits per heavy atom. The molecule has 0 saturated heterocycles. The van der Waals surface area contributed by atoms with Crippen LogP contribution >= 0.6 is 0 Å². The highest BCUT2D eigenvalue weighted by atomic mass is 19.4. The molecule has 1 unspecified atom stereocenters. The van der Waals surface area contributed by atoms with Gasteiger partial charge in [0.05, 0.1) is 11.1 Å². The number of aromatic nitrogens is 1. The predicted octanol–water partition coefficient (Wildman–Crippen LogP) is 4.08. The largest absolute Gasteiger partial charge is 0.417 e. The first kappa shape index (κ1) is 15.9. The number of hydrogen-bond acceptors (Lipinski definition) is 2. The summed E-state index contributed by atoms with van der Waals surface area (Å²) in [6.45, 7) is 4.18. The van der Waals surface area contributed by atoms with Crippen LogP contribution in [0.2, 0.25) is 0 Å². The van der Waals surface area contributed by atoms with Crippen LogP contribution < -0.4 is 10.9 Å². The van der Waals surface area contributed by atoms with Crippen LogP contribution in [0.1, 0.15) is 37.8 Å². The van der Waals surface area contributed by atoms with Crippen molar-refractivity contribution in [3.8, 4) is 0 Å². The highest BCUT2D eigenvalue weighted by Gasteiger charge is 2.35. The zero-order valence-corrected chi connectivity index (χ0v) is 13.3. The average molecular weight is 324 g/mol. The van der Waals surface area contributed by atoms with Crippen molar-refractivity contribution in [3.63, 3.8) is 0 Å². The molecule has 1 N–H and O–H groups in total. The van der Waals surface area contributed by atoms with Crippen LogP contribution in [0.3, 0.4) is 0 Å². The van der Waals surface area contributed by atoms with Gasteiger partial charge in [0.15, 0.2) is 0 Å². The number of nitrogens with one attached hydrogen (secondary N) is 1. The number of hydrogen-bond donors (Lipinski definition) is 1. The van der Waals surface area contributed by atoms with E-state index in [-0.39, 0.29) is 10.9 Å². The molecule has 0 bridgehead atoms. The molecule has 0 aliphatic carbocycles. The second-order valence-electron chi connectivity index (χ2n) is 6.52. The van der Waals surface area contributed by atoms with Crippen molar-refractivity contribution in [2.45, 2.75) is 44.8 Å². The molecule has 1 atom stereocenters. The molecule has 0 amide bonds. The van der Waals surface area contributed by atoms with E-state index < -0.39 is 17.3 Å². The molecule has 1 aliphatic rings. The number of rotatable bonds is 1. The molecule has 0 spiro atoms. The number of nitrogens with zero attached hydrogens (tertiary/aromatic N) is 1. The molecular weight excluding hydrogens is 305 g/mol. The van der Waals surface area contributed by atoms with Crippen LogP contribution in [0, 0.1) is 0 Å². The number of aryl methyl sites for hydroxylation is 2. The first-order valence-electron chi connectivity index (χ1n) is 7.67. The van der Waals surface area contributed by atoms with E-state index in [1.807, 2.05) is 0 Å². The molecule has 2 heterocycles. The lowest BCUT2D eigenvalue weighted by Crippen LogP contribution is -2.38. The van der Waals surface area contributed by atoms with Gasteiger partial charge in [-0.15, -0.1) is 0 Å². The van der Waals surface area contributed by atoms with E-state index in [9.17, 15) is 18.0 Å². The Morgan fingerprint density at radius 3 is 2.61 bits per heavy atom. The molecule has 0 saturated carbocycles. The van der Waals surface area contributed by atoms with Crippen LogP contribution in [0.15, 0.2) is 23.0 Å². The summed E-state index contributed by atoms with van der Waals surface area (Å²) < 4.78 is 41.1. The summed E-state index contributed by atoms with van der Waals surface area (Å²) in [6, 6.07) is 3.94. The molecule has 1 aromatic carbocycles.